The van der Waals surface area contributed by atoms with Crippen molar-refractivity contribution in [1.82, 2.24) is 19.8 Å². The van der Waals surface area contributed by atoms with Crippen LogP contribution < -0.4 is 10.6 Å². The van der Waals surface area contributed by atoms with Crippen LogP contribution in [0, 0.1) is 5.41 Å². The van der Waals surface area contributed by atoms with Gasteiger partial charge in [-0.05, 0) is 43.6 Å². The number of phenolic OH excluding ortho intramolecular Hbond substituents is 1. The summed E-state index contributed by atoms with van der Waals surface area (Å²) >= 11 is 1.70. The fraction of sp³-hybridized carbons (Fsp3) is 0.429. The molecule has 4 N–H and O–H groups in total. The summed E-state index contributed by atoms with van der Waals surface area (Å²) < 4.78 is 2.34. The highest BCUT2D eigenvalue weighted by Crippen LogP contribution is 2.30. The van der Waals surface area contributed by atoms with Crippen molar-refractivity contribution in [2.45, 2.75) is 24.7 Å². The molecule has 1 aromatic carbocycles. The van der Waals surface area contributed by atoms with E-state index in [1.54, 1.807) is 25.1 Å². The Morgan fingerprint density at radius 3 is 2.72 bits per heavy atom. The minimum absolute atomic E-state index is 0.154. The second-order valence-electron chi connectivity index (χ2n) is 7.26. The van der Waals surface area contributed by atoms with E-state index in [2.05, 4.69) is 38.5 Å². The number of rotatable bonds is 7. The Labute approximate surface area is 177 Å². The zero-order chi connectivity index (χ0) is 21.0. The van der Waals surface area contributed by atoms with Crippen molar-refractivity contribution >= 4 is 23.5 Å². The first-order chi connectivity index (χ1) is 13.9. The molecular formula is C21H30N6OS. The maximum Gasteiger partial charge on any atom is 0.142 e. The molecule has 1 fully saturated rings. The summed E-state index contributed by atoms with van der Waals surface area (Å²) in [5.41, 5.74) is 3.04. The average molecular weight is 415 g/mol. The Balaban J connectivity index is 1.84. The number of nitrogens with one attached hydrogen (secondary N) is 3. The van der Waals surface area contributed by atoms with E-state index >= 15 is 0 Å². The summed E-state index contributed by atoms with van der Waals surface area (Å²) in [5, 5.41) is 25.3. The number of hydrogen-bond acceptors (Lipinski definition) is 8. The van der Waals surface area contributed by atoms with Crippen LogP contribution in [0.3, 0.4) is 0 Å². The van der Waals surface area contributed by atoms with Crippen LogP contribution >= 0.6 is 11.9 Å². The van der Waals surface area contributed by atoms with Crippen molar-refractivity contribution in [3.05, 3.63) is 47.4 Å². The molecule has 1 aromatic rings. The molecule has 0 amide bonds. The monoisotopic (exact) mass is 414 g/mol. The van der Waals surface area contributed by atoms with Crippen molar-refractivity contribution in [3.8, 4) is 5.75 Å². The third kappa shape index (κ3) is 5.01. The standard InChI is InChI=1S/C21H30N6OS/c1-5-6-17(22)20-19(23-3)14(2)24-21(25-20)16-13-15(7-8-18(16)28)29-27-11-9-26(4)10-12-27/h7-8,13,22-23,28H,2,5-6,9-12H2,1,3-4H3,(H,24,25). The van der Waals surface area contributed by atoms with Gasteiger partial charge in [-0.3, -0.25) is 0 Å². The second-order valence-corrected chi connectivity index (χ2v) is 8.43. The molecule has 8 heteroatoms. The number of piperazine rings is 1. The Morgan fingerprint density at radius 2 is 2.07 bits per heavy atom. The lowest BCUT2D eigenvalue weighted by Gasteiger charge is -2.31. The first-order valence-electron chi connectivity index (χ1n) is 9.92. The largest absolute Gasteiger partial charge is 0.507 e. The zero-order valence-electron chi connectivity index (χ0n) is 17.4. The van der Waals surface area contributed by atoms with Crippen LogP contribution in [0.5, 0.6) is 5.75 Å². The quantitative estimate of drug-likeness (QED) is 0.405. The maximum absolute atomic E-state index is 10.5. The number of amidine groups is 1. The highest BCUT2D eigenvalue weighted by molar-refractivity contribution is 7.97. The van der Waals surface area contributed by atoms with Gasteiger partial charge < -0.3 is 26.0 Å². The predicted molar refractivity (Wildman–Crippen MR) is 121 cm³/mol. The first-order valence-corrected chi connectivity index (χ1v) is 10.7. The number of phenols is 1. The van der Waals surface area contributed by atoms with Gasteiger partial charge >= 0.3 is 0 Å². The van der Waals surface area contributed by atoms with Crippen LogP contribution in [0.15, 0.2) is 51.8 Å². The van der Waals surface area contributed by atoms with Gasteiger partial charge in [-0.25, -0.2) is 9.30 Å². The van der Waals surface area contributed by atoms with E-state index in [-0.39, 0.29) is 5.75 Å². The van der Waals surface area contributed by atoms with Gasteiger partial charge in [-0.2, -0.15) is 0 Å². The van der Waals surface area contributed by atoms with Gasteiger partial charge in [0, 0.05) is 38.1 Å². The molecule has 0 aliphatic carbocycles. The molecule has 0 saturated carbocycles. The number of nitrogens with zero attached hydrogens (tertiary/aromatic N) is 3. The predicted octanol–water partition coefficient (Wildman–Crippen LogP) is 2.76. The molecule has 0 bridgehead atoms. The summed E-state index contributed by atoms with van der Waals surface area (Å²) in [6, 6.07) is 5.58. The number of benzene rings is 1. The van der Waals surface area contributed by atoms with E-state index < -0.39 is 0 Å². The lowest BCUT2D eigenvalue weighted by atomic mass is 10.1. The molecular weight excluding hydrogens is 384 g/mol. The van der Waals surface area contributed by atoms with E-state index in [0.717, 1.165) is 43.2 Å². The Bertz CT molecular complexity index is 855. The van der Waals surface area contributed by atoms with Gasteiger partial charge in [0.05, 0.1) is 28.4 Å². The molecule has 0 unspecified atom stereocenters. The van der Waals surface area contributed by atoms with Gasteiger partial charge in [0.15, 0.2) is 0 Å². The van der Waals surface area contributed by atoms with E-state index in [1.165, 1.54) is 0 Å². The smallest absolute Gasteiger partial charge is 0.142 e. The summed E-state index contributed by atoms with van der Waals surface area (Å²) in [4.78, 5) is 7.93. The highest BCUT2D eigenvalue weighted by atomic mass is 32.2. The Hall–Kier alpha value is -2.29. The van der Waals surface area contributed by atoms with Gasteiger partial charge in [-0.15, -0.1) is 0 Å². The number of hydrogen-bond donors (Lipinski definition) is 4. The lowest BCUT2D eigenvalue weighted by molar-refractivity contribution is 0.233. The normalized spacial score (nSPS) is 18.4. The number of aromatic hydroxyl groups is 1. The van der Waals surface area contributed by atoms with E-state index in [1.807, 2.05) is 19.1 Å². The van der Waals surface area contributed by atoms with Crippen molar-refractivity contribution < 1.29 is 5.11 Å². The average Bonchev–Trinajstić information content (AvgIpc) is 2.70. The second kappa shape index (κ2) is 9.47. The molecule has 1 saturated heterocycles. The summed E-state index contributed by atoms with van der Waals surface area (Å²) in [7, 11) is 3.94. The highest BCUT2D eigenvalue weighted by Gasteiger charge is 2.23. The zero-order valence-corrected chi connectivity index (χ0v) is 18.2. The van der Waals surface area contributed by atoms with Crippen molar-refractivity contribution in [2.75, 3.05) is 40.3 Å². The number of likely N-dealkylation sites (N-methyl/N-ethyl adjacent to an activating group) is 2. The van der Waals surface area contributed by atoms with Crippen LogP contribution in [-0.2, 0) is 0 Å². The van der Waals surface area contributed by atoms with Crippen LogP contribution in [0.25, 0.3) is 0 Å². The molecule has 2 heterocycles. The van der Waals surface area contributed by atoms with E-state index in [9.17, 15) is 5.11 Å². The fourth-order valence-electron chi connectivity index (χ4n) is 3.33. The molecule has 0 spiro atoms. The third-order valence-corrected chi connectivity index (χ3v) is 6.09. The Morgan fingerprint density at radius 1 is 1.34 bits per heavy atom. The molecule has 156 valence electrons. The molecule has 0 radical (unpaired) electrons. The summed E-state index contributed by atoms with van der Waals surface area (Å²) in [6.07, 6.45) is 1.53. The van der Waals surface area contributed by atoms with Crippen LogP contribution in [-0.4, -0.2) is 66.1 Å². The van der Waals surface area contributed by atoms with E-state index in [0.29, 0.717) is 34.9 Å². The van der Waals surface area contributed by atoms with Crippen molar-refractivity contribution in [1.29, 1.82) is 5.41 Å². The minimum Gasteiger partial charge on any atom is -0.507 e. The van der Waals surface area contributed by atoms with Crippen molar-refractivity contribution in [2.24, 2.45) is 4.99 Å². The SMILES string of the molecule is C=C1N=C(c2cc(SN3CCN(C)CC3)ccc2O)NC(C(=N)CCC)=C1NC. The van der Waals surface area contributed by atoms with Crippen LogP contribution in [0.4, 0.5) is 0 Å². The number of allylic oxidation sites excluding steroid dienone is 1. The molecule has 29 heavy (non-hydrogen) atoms. The lowest BCUT2D eigenvalue weighted by Crippen LogP contribution is -2.41. The molecule has 3 rings (SSSR count). The van der Waals surface area contributed by atoms with Crippen molar-refractivity contribution in [3.63, 3.8) is 0 Å². The first kappa shape index (κ1) is 21.4. The summed E-state index contributed by atoms with van der Waals surface area (Å²) in [6.45, 7) is 10.2. The van der Waals surface area contributed by atoms with Gasteiger partial charge in [0.1, 0.15) is 11.6 Å². The van der Waals surface area contributed by atoms with E-state index in [4.69, 9.17) is 5.41 Å². The van der Waals surface area contributed by atoms with Gasteiger partial charge in [-0.1, -0.05) is 19.9 Å². The molecule has 2 aliphatic heterocycles. The fourth-order valence-corrected chi connectivity index (χ4v) is 4.28. The molecule has 0 atom stereocenters. The number of aliphatic imine (C=N–C) groups is 1. The van der Waals surface area contributed by atoms with Gasteiger partial charge in [0.2, 0.25) is 0 Å². The molecule has 2 aliphatic rings. The molecule has 7 nitrogen and oxygen atoms in total. The maximum atomic E-state index is 10.5. The van der Waals surface area contributed by atoms with Gasteiger partial charge in [0.25, 0.3) is 0 Å². The topological polar surface area (TPSA) is 87.0 Å². The summed E-state index contributed by atoms with van der Waals surface area (Å²) in [5.74, 6) is 0.671. The minimum atomic E-state index is 0.154. The van der Waals surface area contributed by atoms with Crippen LogP contribution in [0.1, 0.15) is 25.3 Å². The van der Waals surface area contributed by atoms with Crippen LogP contribution in [0.2, 0.25) is 0 Å². The molecule has 0 aromatic heterocycles. The Kier molecular flexibility index (Phi) is 7.00. The third-order valence-electron chi connectivity index (χ3n) is 5.00.